The van der Waals surface area contributed by atoms with Crippen LogP contribution in [0.25, 0.3) is 0 Å². The molecule has 2 heteroatoms. The molecule has 1 N–H and O–H groups in total. The van der Waals surface area contributed by atoms with Crippen LogP contribution in [0.3, 0.4) is 0 Å². The highest BCUT2D eigenvalue weighted by Gasteiger charge is 2.02. The summed E-state index contributed by atoms with van der Waals surface area (Å²) in [6.07, 6.45) is 2.29. The van der Waals surface area contributed by atoms with Gasteiger partial charge in [0.2, 0.25) is 9.04 Å². The van der Waals surface area contributed by atoms with Gasteiger partial charge in [-0.25, -0.2) is 0 Å². The summed E-state index contributed by atoms with van der Waals surface area (Å²) in [5, 5.41) is 0. The van der Waals surface area contributed by atoms with Crippen molar-refractivity contribution in [3.8, 4) is 0 Å². The van der Waals surface area contributed by atoms with E-state index in [9.17, 15) is 0 Å². The van der Waals surface area contributed by atoms with Gasteiger partial charge in [0.1, 0.15) is 0 Å². The van der Waals surface area contributed by atoms with Gasteiger partial charge in [-0.2, -0.15) is 0 Å². The average molecular weight is 131 g/mol. The van der Waals surface area contributed by atoms with Crippen molar-refractivity contribution in [1.82, 2.24) is 0 Å². The molecule has 1 radical (unpaired) electrons. The Morgan fingerprint density at radius 1 is 1.12 bits per heavy atom. The smallest absolute Gasteiger partial charge is 0.206 e. The predicted molar refractivity (Wildman–Crippen MR) is 38.2 cm³/mol. The van der Waals surface area contributed by atoms with Crippen LogP contribution >= 0.6 is 0 Å². The zero-order valence-electron chi connectivity index (χ0n) is 5.78. The number of rotatable bonds is 4. The fraction of sp³-hybridized carbons (Fsp3) is 1.00. The quantitative estimate of drug-likeness (QED) is 0.577. The molecular formula is C6H15OSi. The Morgan fingerprint density at radius 3 is 1.75 bits per heavy atom. The molecule has 0 rings (SSSR count). The summed E-state index contributed by atoms with van der Waals surface area (Å²) in [6.45, 7) is 4.24. The topological polar surface area (TPSA) is 20.2 Å². The van der Waals surface area contributed by atoms with Crippen molar-refractivity contribution in [2.45, 2.75) is 38.8 Å². The lowest BCUT2D eigenvalue weighted by Crippen LogP contribution is -2.09. The second-order valence-electron chi connectivity index (χ2n) is 2.07. The minimum absolute atomic E-state index is 0.891. The van der Waals surface area contributed by atoms with E-state index in [4.69, 9.17) is 4.80 Å². The lowest BCUT2D eigenvalue weighted by atomic mass is 10.6. The minimum Gasteiger partial charge on any atom is -0.431 e. The Hall–Kier alpha value is 0.177. The van der Waals surface area contributed by atoms with Crippen LogP contribution in [0.4, 0.5) is 0 Å². The van der Waals surface area contributed by atoms with Gasteiger partial charge >= 0.3 is 0 Å². The molecule has 49 valence electrons. The highest BCUT2D eigenvalue weighted by atomic mass is 28.3. The zero-order valence-corrected chi connectivity index (χ0v) is 6.78. The van der Waals surface area contributed by atoms with Crippen LogP contribution < -0.4 is 0 Å². The van der Waals surface area contributed by atoms with E-state index in [0.29, 0.717) is 0 Å². The van der Waals surface area contributed by atoms with Gasteiger partial charge < -0.3 is 4.80 Å². The van der Waals surface area contributed by atoms with Gasteiger partial charge in [-0.15, -0.1) is 0 Å². The maximum atomic E-state index is 9.15. The lowest BCUT2D eigenvalue weighted by molar-refractivity contribution is 0.561. The molecule has 0 saturated carbocycles. The molecule has 0 atom stereocenters. The van der Waals surface area contributed by atoms with Crippen LogP contribution in [0.15, 0.2) is 0 Å². The molecule has 0 spiro atoms. The van der Waals surface area contributed by atoms with Crippen molar-refractivity contribution in [2.24, 2.45) is 0 Å². The summed E-state index contributed by atoms with van der Waals surface area (Å²) in [4.78, 5) is 9.15. The van der Waals surface area contributed by atoms with Gasteiger partial charge in [-0.3, -0.25) is 0 Å². The second kappa shape index (κ2) is 5.32. The molecule has 0 aliphatic rings. The summed E-state index contributed by atoms with van der Waals surface area (Å²) in [6, 6.07) is 2.14. The Morgan fingerprint density at radius 2 is 1.50 bits per heavy atom. The molecule has 0 aliphatic carbocycles. The standard InChI is InChI=1S/C6H15OSi/c1-3-5-8(7)6-4-2/h7H,3-6H2,1-2H3. The summed E-state index contributed by atoms with van der Waals surface area (Å²) in [7, 11) is -0.891. The molecule has 1 nitrogen and oxygen atoms in total. The molecule has 0 bridgehead atoms. The van der Waals surface area contributed by atoms with Crippen molar-refractivity contribution >= 4 is 9.04 Å². The number of hydrogen-bond donors (Lipinski definition) is 1. The Kier molecular flexibility index (Phi) is 5.43. The zero-order chi connectivity index (χ0) is 6.41. The molecule has 0 aliphatic heterocycles. The first kappa shape index (κ1) is 8.18. The fourth-order valence-electron chi connectivity index (χ4n) is 0.702. The Bertz CT molecular complexity index is 41.8. The van der Waals surface area contributed by atoms with E-state index < -0.39 is 9.04 Å². The molecule has 0 fully saturated rings. The highest BCUT2D eigenvalue weighted by molar-refractivity contribution is 6.50. The van der Waals surface area contributed by atoms with E-state index >= 15 is 0 Å². The van der Waals surface area contributed by atoms with E-state index in [0.717, 1.165) is 24.9 Å². The minimum atomic E-state index is -0.891. The first-order valence-corrected chi connectivity index (χ1v) is 5.21. The Labute approximate surface area is 53.5 Å². The number of hydrogen-bond acceptors (Lipinski definition) is 1. The maximum absolute atomic E-state index is 9.15. The average Bonchev–Trinajstić information content (AvgIpc) is 1.68. The Balaban J connectivity index is 2.92. The van der Waals surface area contributed by atoms with Crippen molar-refractivity contribution in [2.75, 3.05) is 0 Å². The van der Waals surface area contributed by atoms with Crippen LogP contribution in [0.2, 0.25) is 12.1 Å². The van der Waals surface area contributed by atoms with Gasteiger partial charge in [0.05, 0.1) is 0 Å². The first-order valence-electron chi connectivity index (χ1n) is 3.34. The van der Waals surface area contributed by atoms with Crippen molar-refractivity contribution in [3.63, 3.8) is 0 Å². The summed E-state index contributed by atoms with van der Waals surface area (Å²) >= 11 is 0. The van der Waals surface area contributed by atoms with E-state index in [1.165, 1.54) is 0 Å². The summed E-state index contributed by atoms with van der Waals surface area (Å²) < 4.78 is 0. The van der Waals surface area contributed by atoms with Gasteiger partial charge in [-0.1, -0.05) is 26.7 Å². The third-order valence-electron chi connectivity index (χ3n) is 1.08. The summed E-state index contributed by atoms with van der Waals surface area (Å²) in [5.41, 5.74) is 0. The second-order valence-corrected chi connectivity index (χ2v) is 4.20. The van der Waals surface area contributed by atoms with Crippen LogP contribution in [-0.4, -0.2) is 13.8 Å². The predicted octanol–water partition coefficient (Wildman–Crippen LogP) is 1.79. The largest absolute Gasteiger partial charge is 0.431 e. The third-order valence-corrected chi connectivity index (χ3v) is 3.23. The fourth-order valence-corrected chi connectivity index (χ4v) is 2.11. The van der Waals surface area contributed by atoms with Crippen LogP contribution in [0.1, 0.15) is 26.7 Å². The SMILES string of the molecule is CCC[Si](O)CCC. The lowest BCUT2D eigenvalue weighted by Gasteiger charge is -2.00. The molecular weight excluding hydrogens is 116 g/mol. The molecule has 0 heterocycles. The van der Waals surface area contributed by atoms with Crippen LogP contribution in [0.5, 0.6) is 0 Å². The van der Waals surface area contributed by atoms with Crippen LogP contribution in [0, 0.1) is 0 Å². The highest BCUT2D eigenvalue weighted by Crippen LogP contribution is 2.01. The van der Waals surface area contributed by atoms with E-state index in [1.54, 1.807) is 0 Å². The molecule has 0 saturated heterocycles. The van der Waals surface area contributed by atoms with Gasteiger partial charge in [0.15, 0.2) is 0 Å². The van der Waals surface area contributed by atoms with Gasteiger partial charge in [0.25, 0.3) is 0 Å². The van der Waals surface area contributed by atoms with Crippen molar-refractivity contribution in [1.29, 1.82) is 0 Å². The molecule has 0 unspecified atom stereocenters. The monoisotopic (exact) mass is 131 g/mol. The van der Waals surface area contributed by atoms with Gasteiger partial charge in [0, 0.05) is 0 Å². The molecule has 0 amide bonds. The van der Waals surface area contributed by atoms with Crippen molar-refractivity contribution in [3.05, 3.63) is 0 Å². The molecule has 8 heavy (non-hydrogen) atoms. The third kappa shape index (κ3) is 4.34. The van der Waals surface area contributed by atoms with E-state index in [-0.39, 0.29) is 0 Å². The molecule has 0 aromatic carbocycles. The summed E-state index contributed by atoms with van der Waals surface area (Å²) in [5.74, 6) is 0. The molecule has 0 aromatic heterocycles. The maximum Gasteiger partial charge on any atom is 0.206 e. The van der Waals surface area contributed by atoms with E-state index in [2.05, 4.69) is 13.8 Å². The van der Waals surface area contributed by atoms with E-state index in [1.807, 2.05) is 0 Å². The first-order chi connectivity index (χ1) is 3.81. The molecule has 0 aromatic rings. The van der Waals surface area contributed by atoms with Crippen LogP contribution in [-0.2, 0) is 0 Å². The normalized spacial score (nSPS) is 10.5. The van der Waals surface area contributed by atoms with Gasteiger partial charge in [-0.05, 0) is 12.1 Å². The van der Waals surface area contributed by atoms with Crippen molar-refractivity contribution < 1.29 is 4.80 Å².